The van der Waals surface area contributed by atoms with Crippen LogP contribution in [-0.2, 0) is 9.53 Å². The van der Waals surface area contributed by atoms with E-state index in [4.69, 9.17) is 16.3 Å². The predicted molar refractivity (Wildman–Crippen MR) is 121 cm³/mol. The van der Waals surface area contributed by atoms with Gasteiger partial charge in [0.1, 0.15) is 5.82 Å². The molecule has 2 aromatic heterocycles. The Labute approximate surface area is 195 Å². The number of anilines is 1. The molecule has 1 aliphatic heterocycles. The fourth-order valence-electron chi connectivity index (χ4n) is 3.71. The molecule has 0 aliphatic carbocycles. The number of pyridine rings is 1. The zero-order valence-electron chi connectivity index (χ0n) is 18.3. The summed E-state index contributed by atoms with van der Waals surface area (Å²) in [6.45, 7) is 5.48. The third kappa shape index (κ3) is 5.14. The van der Waals surface area contributed by atoms with Gasteiger partial charge in [-0.1, -0.05) is 11.6 Å². The van der Waals surface area contributed by atoms with Crippen LogP contribution in [0, 0.1) is 19.7 Å². The van der Waals surface area contributed by atoms with Crippen molar-refractivity contribution >= 4 is 29.2 Å². The van der Waals surface area contributed by atoms with Crippen molar-refractivity contribution in [2.75, 3.05) is 37.7 Å². The Bertz CT molecular complexity index is 1170. The average molecular weight is 472 g/mol. The lowest BCUT2D eigenvalue weighted by Crippen LogP contribution is -2.49. The molecule has 3 aromatic rings. The molecule has 1 aromatic carbocycles. The smallest absolute Gasteiger partial charge is 0.359 e. The van der Waals surface area contributed by atoms with Gasteiger partial charge >= 0.3 is 5.97 Å². The molecular formula is C23H23ClFN5O3. The summed E-state index contributed by atoms with van der Waals surface area (Å²) in [4.78, 5) is 33.1. The number of halogens is 2. The molecule has 8 nitrogen and oxygen atoms in total. The van der Waals surface area contributed by atoms with Gasteiger partial charge in [0.05, 0.1) is 10.7 Å². The van der Waals surface area contributed by atoms with E-state index in [0.717, 1.165) is 17.1 Å². The third-order valence-corrected chi connectivity index (χ3v) is 5.71. The van der Waals surface area contributed by atoms with E-state index in [9.17, 15) is 14.0 Å². The van der Waals surface area contributed by atoms with Gasteiger partial charge in [0.15, 0.2) is 18.1 Å². The van der Waals surface area contributed by atoms with Crippen molar-refractivity contribution in [1.29, 1.82) is 0 Å². The summed E-state index contributed by atoms with van der Waals surface area (Å²) < 4.78 is 19.9. The lowest BCUT2D eigenvalue weighted by molar-refractivity contribution is -0.134. The summed E-state index contributed by atoms with van der Waals surface area (Å²) in [6, 6.07) is 11.3. The van der Waals surface area contributed by atoms with E-state index in [1.54, 1.807) is 33.8 Å². The fraction of sp³-hybridized carbons (Fsp3) is 0.304. The first-order valence-electron chi connectivity index (χ1n) is 10.5. The molecule has 0 radical (unpaired) electrons. The molecule has 4 rings (SSSR count). The Morgan fingerprint density at radius 2 is 1.76 bits per heavy atom. The van der Waals surface area contributed by atoms with Gasteiger partial charge in [-0.25, -0.2) is 18.9 Å². The van der Waals surface area contributed by atoms with Crippen LogP contribution in [-0.4, -0.2) is 64.3 Å². The number of aromatic nitrogens is 3. The van der Waals surface area contributed by atoms with E-state index in [0.29, 0.717) is 32.0 Å². The molecule has 1 aliphatic rings. The highest BCUT2D eigenvalue weighted by atomic mass is 35.5. The van der Waals surface area contributed by atoms with Crippen LogP contribution in [0.25, 0.3) is 5.82 Å². The number of amides is 1. The molecule has 1 fully saturated rings. The topological polar surface area (TPSA) is 80.6 Å². The van der Waals surface area contributed by atoms with Gasteiger partial charge < -0.3 is 14.5 Å². The number of aryl methyl sites for hydroxylation is 2. The SMILES string of the molecule is Cc1cc(C)n(-c2ccc(Cl)c(C(=O)OCC(=O)N3CCN(c4ccc(F)cc4)CC3)n2)n1. The highest BCUT2D eigenvalue weighted by molar-refractivity contribution is 6.33. The zero-order chi connectivity index (χ0) is 23.5. The van der Waals surface area contributed by atoms with Crippen molar-refractivity contribution in [1.82, 2.24) is 19.7 Å². The molecule has 33 heavy (non-hydrogen) atoms. The van der Waals surface area contributed by atoms with Crippen LogP contribution in [0.15, 0.2) is 42.5 Å². The second-order valence-corrected chi connectivity index (χ2v) is 8.17. The van der Waals surface area contributed by atoms with E-state index in [1.807, 2.05) is 19.9 Å². The first-order chi connectivity index (χ1) is 15.8. The number of carbonyl (C=O) groups is 2. The molecule has 1 amide bonds. The average Bonchev–Trinajstić information content (AvgIpc) is 3.16. The monoisotopic (exact) mass is 471 g/mol. The van der Waals surface area contributed by atoms with E-state index in [1.165, 1.54) is 12.1 Å². The molecule has 3 heterocycles. The standard InChI is InChI=1S/C23H23ClFN5O3/c1-15-13-16(2)30(27-15)20-8-7-19(24)22(26-20)23(32)33-14-21(31)29-11-9-28(10-12-29)18-5-3-17(25)4-6-18/h3-8,13H,9-12,14H2,1-2H3. The highest BCUT2D eigenvalue weighted by Crippen LogP contribution is 2.19. The highest BCUT2D eigenvalue weighted by Gasteiger charge is 2.24. The third-order valence-electron chi connectivity index (χ3n) is 5.40. The number of hydrogen-bond donors (Lipinski definition) is 0. The van der Waals surface area contributed by atoms with Crippen molar-refractivity contribution in [2.24, 2.45) is 0 Å². The fourth-order valence-corrected chi connectivity index (χ4v) is 3.89. The second kappa shape index (κ2) is 9.58. The molecule has 0 saturated carbocycles. The van der Waals surface area contributed by atoms with Gasteiger partial charge in [0.25, 0.3) is 5.91 Å². The number of esters is 1. The molecule has 1 saturated heterocycles. The van der Waals surface area contributed by atoms with E-state index in [2.05, 4.69) is 15.0 Å². The zero-order valence-corrected chi connectivity index (χ0v) is 19.0. The van der Waals surface area contributed by atoms with Crippen LogP contribution in [0.5, 0.6) is 0 Å². The number of carbonyl (C=O) groups excluding carboxylic acids is 2. The Kier molecular flexibility index (Phi) is 6.60. The second-order valence-electron chi connectivity index (χ2n) is 7.76. The van der Waals surface area contributed by atoms with Crippen molar-refractivity contribution in [3.8, 4) is 5.82 Å². The van der Waals surface area contributed by atoms with Crippen molar-refractivity contribution in [2.45, 2.75) is 13.8 Å². The normalized spacial score (nSPS) is 13.8. The van der Waals surface area contributed by atoms with Crippen LogP contribution in [0.2, 0.25) is 5.02 Å². The first-order valence-corrected chi connectivity index (χ1v) is 10.9. The summed E-state index contributed by atoms with van der Waals surface area (Å²) >= 11 is 6.15. The minimum Gasteiger partial charge on any atom is -0.451 e. The maximum Gasteiger partial charge on any atom is 0.359 e. The number of ether oxygens (including phenoxy) is 1. The Hall–Kier alpha value is -3.46. The maximum atomic E-state index is 13.1. The molecule has 0 N–H and O–H groups in total. The summed E-state index contributed by atoms with van der Waals surface area (Å²) in [5, 5.41) is 4.48. The Morgan fingerprint density at radius 1 is 1.06 bits per heavy atom. The molecule has 0 unspecified atom stereocenters. The van der Waals surface area contributed by atoms with Gasteiger partial charge in [-0.2, -0.15) is 5.10 Å². The van der Waals surface area contributed by atoms with Crippen LogP contribution in [0.3, 0.4) is 0 Å². The summed E-state index contributed by atoms with van der Waals surface area (Å²) in [6.07, 6.45) is 0. The maximum absolute atomic E-state index is 13.1. The number of nitrogens with zero attached hydrogens (tertiary/aromatic N) is 5. The van der Waals surface area contributed by atoms with E-state index < -0.39 is 12.6 Å². The molecule has 0 atom stereocenters. The quantitative estimate of drug-likeness (QED) is 0.532. The molecule has 172 valence electrons. The molecular weight excluding hydrogens is 449 g/mol. The molecule has 0 bridgehead atoms. The molecule has 10 heteroatoms. The van der Waals surface area contributed by atoms with Gasteiger partial charge in [0.2, 0.25) is 0 Å². The number of benzene rings is 1. The van der Waals surface area contributed by atoms with Crippen molar-refractivity contribution in [3.05, 3.63) is 70.4 Å². The Balaban J connectivity index is 1.34. The van der Waals surface area contributed by atoms with Crippen LogP contribution in [0.4, 0.5) is 10.1 Å². The minimum absolute atomic E-state index is 0.0735. The summed E-state index contributed by atoms with van der Waals surface area (Å²) in [5.74, 6) is -0.931. The van der Waals surface area contributed by atoms with Crippen molar-refractivity contribution in [3.63, 3.8) is 0 Å². The predicted octanol–water partition coefficient (Wildman–Crippen LogP) is 3.18. The minimum atomic E-state index is -0.776. The Morgan fingerprint density at radius 3 is 2.39 bits per heavy atom. The molecule has 0 spiro atoms. The largest absolute Gasteiger partial charge is 0.451 e. The van der Waals surface area contributed by atoms with E-state index >= 15 is 0 Å². The summed E-state index contributed by atoms with van der Waals surface area (Å²) in [7, 11) is 0. The van der Waals surface area contributed by atoms with Crippen LogP contribution >= 0.6 is 11.6 Å². The van der Waals surface area contributed by atoms with Gasteiger partial charge in [-0.3, -0.25) is 4.79 Å². The number of rotatable bonds is 5. The van der Waals surface area contributed by atoms with Crippen LogP contribution in [0.1, 0.15) is 21.9 Å². The lowest BCUT2D eigenvalue weighted by Gasteiger charge is -2.36. The number of hydrogen-bond acceptors (Lipinski definition) is 6. The van der Waals surface area contributed by atoms with Gasteiger partial charge in [0, 0.05) is 37.6 Å². The van der Waals surface area contributed by atoms with Gasteiger partial charge in [-0.05, 0) is 56.3 Å². The first kappa shape index (κ1) is 22.7. The van der Waals surface area contributed by atoms with Crippen molar-refractivity contribution < 1.29 is 18.7 Å². The van der Waals surface area contributed by atoms with Crippen LogP contribution < -0.4 is 4.90 Å². The number of piperazine rings is 1. The lowest BCUT2D eigenvalue weighted by atomic mass is 10.2. The van der Waals surface area contributed by atoms with E-state index in [-0.39, 0.29) is 22.4 Å². The summed E-state index contributed by atoms with van der Waals surface area (Å²) in [5.41, 5.74) is 2.50. The van der Waals surface area contributed by atoms with Gasteiger partial charge in [-0.15, -0.1) is 0 Å².